The molecule has 0 saturated carbocycles. The molecule has 4 nitrogen and oxygen atoms in total. The predicted molar refractivity (Wildman–Crippen MR) is 190 cm³/mol. The van der Waals surface area contributed by atoms with Gasteiger partial charge in [0.05, 0.1) is 26.4 Å². The zero-order valence-electron chi connectivity index (χ0n) is 25.9. The molecule has 0 spiro atoms. The molecule has 9 rings (SSSR count). The van der Waals surface area contributed by atoms with E-state index in [9.17, 15) is 0 Å². The molecule has 1 heterocycles. The first-order valence-corrected chi connectivity index (χ1v) is 16.8. The minimum Gasteiger partial charge on any atom is -0.489 e. The van der Waals surface area contributed by atoms with E-state index in [2.05, 4.69) is 97.1 Å². The first-order valence-electron chi connectivity index (χ1n) is 16.8. The Bertz CT molecular complexity index is 2010. The van der Waals surface area contributed by atoms with E-state index < -0.39 is 0 Å². The maximum Gasteiger partial charge on any atom is 0.169 e. The van der Waals surface area contributed by atoms with E-state index in [4.69, 9.17) is 18.9 Å². The first kappa shape index (κ1) is 27.4. The van der Waals surface area contributed by atoms with Crippen LogP contribution in [0.2, 0.25) is 0 Å². The summed E-state index contributed by atoms with van der Waals surface area (Å²) in [4.78, 5) is 0. The molecule has 8 aromatic rings. The van der Waals surface area contributed by atoms with Crippen LogP contribution in [0, 0.1) is 0 Å². The van der Waals surface area contributed by atoms with Crippen molar-refractivity contribution in [3.05, 3.63) is 97.1 Å². The van der Waals surface area contributed by atoms with Crippen molar-refractivity contribution in [1.29, 1.82) is 0 Å². The van der Waals surface area contributed by atoms with E-state index in [-0.39, 0.29) is 0 Å². The van der Waals surface area contributed by atoms with E-state index in [0.717, 1.165) is 83.1 Å². The summed E-state index contributed by atoms with van der Waals surface area (Å²) < 4.78 is 26.6. The summed E-state index contributed by atoms with van der Waals surface area (Å²) in [5.74, 6) is 3.48. The lowest BCUT2D eigenvalue weighted by atomic mass is 9.93. The second-order valence-electron chi connectivity index (χ2n) is 12.6. The Labute approximate surface area is 268 Å². The molecule has 0 unspecified atom stereocenters. The standard InChI is InChI=1S/C42H36O4/c1-3-23-43-39-31-15-7-11-27-19-21-29-13-9-17-33(37(29)35(27)31)41(39)45-25-5-2-6-26-46-42-34-18-10-14-30-22-20-28-12-8-16-32(36(28)38(30)34)40(42)44-24-4-1/h7-22H,1-6,23-26H2. The van der Waals surface area contributed by atoms with Crippen LogP contribution in [0.25, 0.3) is 64.6 Å². The summed E-state index contributed by atoms with van der Waals surface area (Å²) in [6, 6.07) is 34.9. The average Bonchev–Trinajstić information content (AvgIpc) is 3.10. The number of ether oxygens (including phenoxy) is 4. The van der Waals surface area contributed by atoms with Gasteiger partial charge in [0.2, 0.25) is 0 Å². The summed E-state index contributed by atoms with van der Waals surface area (Å²) in [5.41, 5.74) is 0. The van der Waals surface area contributed by atoms with E-state index in [0.29, 0.717) is 26.4 Å². The van der Waals surface area contributed by atoms with Crippen LogP contribution in [0.3, 0.4) is 0 Å². The maximum absolute atomic E-state index is 6.65. The van der Waals surface area contributed by atoms with Crippen LogP contribution in [0.4, 0.5) is 0 Å². The van der Waals surface area contributed by atoms with Crippen LogP contribution < -0.4 is 18.9 Å². The Balaban J connectivity index is 1.05. The van der Waals surface area contributed by atoms with Gasteiger partial charge in [0.1, 0.15) is 0 Å². The van der Waals surface area contributed by atoms with Gasteiger partial charge in [-0.25, -0.2) is 0 Å². The van der Waals surface area contributed by atoms with Gasteiger partial charge in [0.25, 0.3) is 0 Å². The molecule has 0 amide bonds. The topological polar surface area (TPSA) is 36.9 Å². The molecule has 0 aromatic heterocycles. The van der Waals surface area contributed by atoms with E-state index in [1.807, 2.05) is 0 Å². The summed E-state index contributed by atoms with van der Waals surface area (Å²) in [7, 11) is 0. The fourth-order valence-corrected chi connectivity index (χ4v) is 7.59. The third-order valence-corrected chi connectivity index (χ3v) is 9.73. The van der Waals surface area contributed by atoms with Gasteiger partial charge in [-0.05, 0) is 60.1 Å². The average molecular weight is 605 g/mol. The van der Waals surface area contributed by atoms with Crippen molar-refractivity contribution >= 4 is 64.6 Å². The van der Waals surface area contributed by atoms with Gasteiger partial charge in [-0.15, -0.1) is 0 Å². The zero-order chi connectivity index (χ0) is 30.5. The van der Waals surface area contributed by atoms with Crippen molar-refractivity contribution < 1.29 is 18.9 Å². The molecule has 46 heavy (non-hydrogen) atoms. The maximum atomic E-state index is 6.65. The molecular weight excluding hydrogens is 568 g/mol. The Kier molecular flexibility index (Phi) is 6.80. The molecule has 0 atom stereocenters. The number of rotatable bonds is 0. The van der Waals surface area contributed by atoms with Crippen molar-refractivity contribution in [2.45, 2.75) is 38.5 Å². The molecule has 0 bridgehead atoms. The van der Waals surface area contributed by atoms with Gasteiger partial charge in [0.15, 0.2) is 23.0 Å². The highest BCUT2D eigenvalue weighted by atomic mass is 16.5. The first-order chi connectivity index (χ1) is 22.9. The van der Waals surface area contributed by atoms with Crippen molar-refractivity contribution in [3.8, 4) is 23.0 Å². The van der Waals surface area contributed by atoms with Crippen LogP contribution in [0.5, 0.6) is 23.0 Å². The molecule has 1 aliphatic rings. The lowest BCUT2D eigenvalue weighted by Gasteiger charge is -2.21. The minimum absolute atomic E-state index is 0.627. The van der Waals surface area contributed by atoms with Crippen molar-refractivity contribution in [1.82, 2.24) is 0 Å². The van der Waals surface area contributed by atoms with Gasteiger partial charge < -0.3 is 18.9 Å². The van der Waals surface area contributed by atoms with Crippen molar-refractivity contribution in [2.24, 2.45) is 0 Å². The van der Waals surface area contributed by atoms with E-state index in [1.54, 1.807) is 0 Å². The van der Waals surface area contributed by atoms with E-state index in [1.165, 1.54) is 43.1 Å². The van der Waals surface area contributed by atoms with Crippen LogP contribution in [0.15, 0.2) is 97.1 Å². The second-order valence-corrected chi connectivity index (χ2v) is 12.6. The van der Waals surface area contributed by atoms with Crippen molar-refractivity contribution in [2.75, 3.05) is 26.4 Å². The molecule has 1 aliphatic heterocycles. The zero-order valence-corrected chi connectivity index (χ0v) is 25.9. The molecule has 0 aliphatic carbocycles. The Morgan fingerprint density at radius 2 is 0.543 bits per heavy atom. The van der Waals surface area contributed by atoms with Gasteiger partial charge in [-0.1, -0.05) is 97.1 Å². The third-order valence-electron chi connectivity index (χ3n) is 9.73. The van der Waals surface area contributed by atoms with Gasteiger partial charge in [-0.3, -0.25) is 0 Å². The largest absolute Gasteiger partial charge is 0.489 e. The quantitative estimate of drug-likeness (QED) is 0.161. The fourth-order valence-electron chi connectivity index (χ4n) is 7.59. The number of hydrogen-bond acceptors (Lipinski definition) is 4. The monoisotopic (exact) mass is 604 g/mol. The molecule has 4 heteroatoms. The summed E-state index contributed by atoms with van der Waals surface area (Å²) in [6.07, 6.45) is 5.73. The summed E-state index contributed by atoms with van der Waals surface area (Å²) >= 11 is 0. The number of fused-ring (bicyclic) bond motifs is 6. The molecule has 8 aromatic carbocycles. The van der Waals surface area contributed by atoms with E-state index >= 15 is 0 Å². The molecule has 0 N–H and O–H groups in total. The number of benzene rings is 8. The fraction of sp³-hybridized carbons (Fsp3) is 0.238. The van der Waals surface area contributed by atoms with Crippen LogP contribution in [0.1, 0.15) is 38.5 Å². The minimum atomic E-state index is 0.627. The predicted octanol–water partition coefficient (Wildman–Crippen LogP) is 11.1. The molecule has 228 valence electrons. The van der Waals surface area contributed by atoms with Crippen molar-refractivity contribution in [3.63, 3.8) is 0 Å². The van der Waals surface area contributed by atoms with Gasteiger partial charge in [-0.2, -0.15) is 0 Å². The molecular formula is C42H36O4. The molecule has 0 fully saturated rings. The Morgan fingerprint density at radius 1 is 0.283 bits per heavy atom. The Hall–Kier alpha value is -4.96. The highest BCUT2D eigenvalue weighted by Crippen LogP contribution is 2.49. The smallest absolute Gasteiger partial charge is 0.169 e. The van der Waals surface area contributed by atoms with Gasteiger partial charge in [0, 0.05) is 43.1 Å². The molecule has 0 radical (unpaired) electrons. The van der Waals surface area contributed by atoms with Crippen LogP contribution >= 0.6 is 0 Å². The normalized spacial score (nSPS) is 15.7. The number of hydrogen-bond donors (Lipinski definition) is 0. The summed E-state index contributed by atoms with van der Waals surface area (Å²) in [6.45, 7) is 2.51. The lowest BCUT2D eigenvalue weighted by Crippen LogP contribution is -2.07. The SMILES string of the molecule is c1cc2ccc3cccc4c5c(c(c1)c2c34)OCCCCCOc1c(c2cccc3ccc4cccc1c4c32)OCCCCCO5. The lowest BCUT2D eigenvalue weighted by molar-refractivity contribution is 0.241. The third kappa shape index (κ3) is 4.42. The van der Waals surface area contributed by atoms with Crippen LogP contribution in [-0.2, 0) is 0 Å². The highest BCUT2D eigenvalue weighted by molar-refractivity contribution is 6.27. The second kappa shape index (κ2) is 11.4. The van der Waals surface area contributed by atoms with Gasteiger partial charge >= 0.3 is 0 Å². The highest BCUT2D eigenvalue weighted by Gasteiger charge is 2.22. The van der Waals surface area contributed by atoms with Crippen LogP contribution in [-0.4, -0.2) is 26.4 Å². The summed E-state index contributed by atoms with van der Waals surface area (Å²) in [5, 5.41) is 14.5. The Morgan fingerprint density at radius 3 is 0.804 bits per heavy atom. The molecule has 0 saturated heterocycles.